The zero-order valence-corrected chi connectivity index (χ0v) is 12.1. The fourth-order valence-electron chi connectivity index (χ4n) is 1.78. The van der Waals surface area contributed by atoms with Crippen LogP contribution in [0.3, 0.4) is 0 Å². The predicted molar refractivity (Wildman–Crippen MR) is 73.1 cm³/mol. The van der Waals surface area contributed by atoms with Gasteiger partial charge in [-0.1, -0.05) is 0 Å². The van der Waals surface area contributed by atoms with Crippen LogP contribution in [-0.4, -0.2) is 65.7 Å². The maximum Gasteiger partial charge on any atom is 0.323 e. The molecule has 1 saturated carbocycles. The summed E-state index contributed by atoms with van der Waals surface area (Å²) in [5.41, 5.74) is 0. The summed E-state index contributed by atoms with van der Waals surface area (Å²) in [7, 11) is 2.05. The zero-order valence-electron chi connectivity index (χ0n) is 12.1. The van der Waals surface area contributed by atoms with Crippen molar-refractivity contribution in [2.24, 2.45) is 0 Å². The number of urea groups is 1. The summed E-state index contributed by atoms with van der Waals surface area (Å²) >= 11 is 0. The van der Waals surface area contributed by atoms with Crippen LogP contribution in [0.25, 0.3) is 0 Å². The molecule has 1 aliphatic rings. The molecule has 0 aromatic heterocycles. The number of carboxylic acids is 1. The second kappa shape index (κ2) is 7.33. The maximum atomic E-state index is 11.9. The lowest BCUT2D eigenvalue weighted by Gasteiger charge is -2.23. The number of carboxylic acid groups (broad SMARTS) is 1. The van der Waals surface area contributed by atoms with Crippen LogP contribution in [0, 0.1) is 0 Å². The van der Waals surface area contributed by atoms with E-state index in [2.05, 4.69) is 24.1 Å². The maximum absolute atomic E-state index is 11.9. The Morgan fingerprint density at radius 1 is 1.37 bits per heavy atom. The minimum atomic E-state index is -0.957. The first-order valence-corrected chi connectivity index (χ1v) is 6.88. The molecule has 0 saturated heterocycles. The molecule has 0 aromatic carbocycles. The number of nitrogens with zero attached hydrogens (tertiary/aromatic N) is 2. The Bertz CT molecular complexity index is 316. The molecule has 0 bridgehead atoms. The highest BCUT2D eigenvalue weighted by atomic mass is 16.4. The molecule has 1 aliphatic carbocycles. The van der Waals surface area contributed by atoms with Crippen molar-refractivity contribution in [2.45, 2.75) is 45.2 Å². The molecule has 110 valence electrons. The molecule has 0 radical (unpaired) electrons. The standard InChI is InChI=1S/C13H25N3O3/c1-10(2)15(3)8-4-7-14-13(19)16(9-12(17)18)11-5-6-11/h10-11H,4-9H2,1-3H3,(H,14,19)(H,17,18). The lowest BCUT2D eigenvalue weighted by atomic mass is 10.3. The summed E-state index contributed by atoms with van der Waals surface area (Å²) in [5.74, 6) is -0.957. The molecule has 2 amide bonds. The molecule has 0 aromatic rings. The fourth-order valence-corrected chi connectivity index (χ4v) is 1.78. The largest absolute Gasteiger partial charge is 0.480 e. The quantitative estimate of drug-likeness (QED) is 0.645. The van der Waals surface area contributed by atoms with E-state index in [1.54, 1.807) is 0 Å². The van der Waals surface area contributed by atoms with Gasteiger partial charge in [-0.15, -0.1) is 0 Å². The van der Waals surface area contributed by atoms with Crippen LogP contribution < -0.4 is 5.32 Å². The van der Waals surface area contributed by atoms with Crippen molar-refractivity contribution in [3.05, 3.63) is 0 Å². The zero-order chi connectivity index (χ0) is 14.4. The van der Waals surface area contributed by atoms with Gasteiger partial charge in [0.15, 0.2) is 0 Å². The molecule has 0 unspecified atom stereocenters. The number of hydrogen-bond acceptors (Lipinski definition) is 3. The van der Waals surface area contributed by atoms with Gasteiger partial charge in [-0.05, 0) is 46.7 Å². The molecule has 1 fully saturated rings. The lowest BCUT2D eigenvalue weighted by Crippen LogP contribution is -2.44. The third-order valence-corrected chi connectivity index (χ3v) is 3.40. The van der Waals surface area contributed by atoms with Crippen LogP contribution in [0.15, 0.2) is 0 Å². The van der Waals surface area contributed by atoms with Crippen molar-refractivity contribution in [3.8, 4) is 0 Å². The molecule has 19 heavy (non-hydrogen) atoms. The molecule has 1 rings (SSSR count). The summed E-state index contributed by atoms with van der Waals surface area (Å²) in [6.07, 6.45) is 2.69. The minimum absolute atomic E-state index is 0.120. The Hall–Kier alpha value is -1.30. The number of aliphatic carboxylic acids is 1. The van der Waals surface area contributed by atoms with Crippen molar-refractivity contribution in [1.29, 1.82) is 0 Å². The van der Waals surface area contributed by atoms with Gasteiger partial charge >= 0.3 is 12.0 Å². The molecule has 2 N–H and O–H groups in total. The first-order valence-electron chi connectivity index (χ1n) is 6.88. The molecule has 0 spiro atoms. The van der Waals surface area contributed by atoms with E-state index in [9.17, 15) is 9.59 Å². The first kappa shape index (κ1) is 15.8. The smallest absolute Gasteiger partial charge is 0.323 e. The molecule has 0 heterocycles. The Kier molecular flexibility index (Phi) is 6.08. The molecule has 0 aliphatic heterocycles. The van der Waals surface area contributed by atoms with Crippen molar-refractivity contribution < 1.29 is 14.7 Å². The highest BCUT2D eigenvalue weighted by Crippen LogP contribution is 2.26. The molecule has 0 atom stereocenters. The van der Waals surface area contributed by atoms with Crippen LogP contribution in [0.5, 0.6) is 0 Å². The van der Waals surface area contributed by atoms with Gasteiger partial charge in [-0.3, -0.25) is 4.79 Å². The van der Waals surface area contributed by atoms with Gasteiger partial charge in [0, 0.05) is 18.6 Å². The number of rotatable bonds is 8. The minimum Gasteiger partial charge on any atom is -0.480 e. The van der Waals surface area contributed by atoms with Gasteiger partial charge in [0.05, 0.1) is 0 Å². The summed E-state index contributed by atoms with van der Waals surface area (Å²) in [4.78, 5) is 26.2. The summed E-state index contributed by atoms with van der Waals surface area (Å²) in [6.45, 7) is 5.54. The average Bonchev–Trinajstić information content (AvgIpc) is 3.14. The molecule has 6 nitrogen and oxygen atoms in total. The number of amides is 2. The van der Waals surface area contributed by atoms with Crippen LogP contribution in [0.1, 0.15) is 33.1 Å². The summed E-state index contributed by atoms with van der Waals surface area (Å²) in [6, 6.07) is 0.359. The average molecular weight is 271 g/mol. The van der Waals surface area contributed by atoms with E-state index in [4.69, 9.17) is 5.11 Å². The monoisotopic (exact) mass is 271 g/mol. The van der Waals surface area contributed by atoms with Crippen LogP contribution in [-0.2, 0) is 4.79 Å². The highest BCUT2D eigenvalue weighted by molar-refractivity contribution is 5.80. The van der Waals surface area contributed by atoms with Crippen LogP contribution in [0.4, 0.5) is 4.79 Å². The van der Waals surface area contributed by atoms with E-state index in [1.165, 1.54) is 4.90 Å². The Labute approximate surface area is 114 Å². The normalized spacial score (nSPS) is 14.8. The number of hydrogen-bond donors (Lipinski definition) is 2. The third-order valence-electron chi connectivity index (χ3n) is 3.40. The van der Waals surface area contributed by atoms with E-state index >= 15 is 0 Å². The van der Waals surface area contributed by atoms with Gasteiger partial charge in [-0.25, -0.2) is 4.79 Å². The van der Waals surface area contributed by atoms with Crippen molar-refractivity contribution in [3.63, 3.8) is 0 Å². The second-order valence-electron chi connectivity index (χ2n) is 5.41. The molecular formula is C13H25N3O3. The van der Waals surface area contributed by atoms with Crippen molar-refractivity contribution in [2.75, 3.05) is 26.7 Å². The Morgan fingerprint density at radius 2 is 2.00 bits per heavy atom. The van der Waals surface area contributed by atoms with Crippen LogP contribution in [0.2, 0.25) is 0 Å². The van der Waals surface area contributed by atoms with Crippen LogP contribution >= 0.6 is 0 Å². The second-order valence-corrected chi connectivity index (χ2v) is 5.41. The summed E-state index contributed by atoms with van der Waals surface area (Å²) in [5, 5.41) is 11.6. The summed E-state index contributed by atoms with van der Waals surface area (Å²) < 4.78 is 0. The highest BCUT2D eigenvalue weighted by Gasteiger charge is 2.33. The van der Waals surface area contributed by atoms with E-state index in [1.807, 2.05) is 7.05 Å². The van der Waals surface area contributed by atoms with E-state index in [0.717, 1.165) is 25.8 Å². The lowest BCUT2D eigenvalue weighted by molar-refractivity contribution is -0.137. The number of carbonyl (C=O) groups is 2. The third kappa shape index (κ3) is 5.92. The van der Waals surface area contributed by atoms with Gasteiger partial charge in [-0.2, -0.15) is 0 Å². The molecular weight excluding hydrogens is 246 g/mol. The van der Waals surface area contributed by atoms with Crippen molar-refractivity contribution >= 4 is 12.0 Å². The first-order chi connectivity index (χ1) is 8.91. The Morgan fingerprint density at radius 3 is 2.47 bits per heavy atom. The SMILES string of the molecule is CC(C)N(C)CCCNC(=O)N(CC(=O)O)C1CC1. The predicted octanol–water partition coefficient (Wildman–Crippen LogP) is 0.975. The fraction of sp³-hybridized carbons (Fsp3) is 0.846. The topological polar surface area (TPSA) is 72.9 Å². The molecule has 6 heteroatoms. The van der Waals surface area contributed by atoms with Gasteiger partial charge in [0.25, 0.3) is 0 Å². The van der Waals surface area contributed by atoms with E-state index < -0.39 is 5.97 Å². The van der Waals surface area contributed by atoms with E-state index in [-0.39, 0.29) is 18.6 Å². The van der Waals surface area contributed by atoms with Gasteiger partial charge in [0.1, 0.15) is 6.54 Å². The van der Waals surface area contributed by atoms with Gasteiger partial charge < -0.3 is 20.2 Å². The number of nitrogens with one attached hydrogen (secondary N) is 1. The van der Waals surface area contributed by atoms with Gasteiger partial charge in [0.2, 0.25) is 0 Å². The van der Waals surface area contributed by atoms with E-state index in [0.29, 0.717) is 12.6 Å². The van der Waals surface area contributed by atoms with Crippen molar-refractivity contribution in [1.82, 2.24) is 15.1 Å². The Balaban J connectivity index is 2.23. The number of carbonyl (C=O) groups excluding carboxylic acids is 1.